The van der Waals surface area contributed by atoms with Crippen molar-refractivity contribution in [3.63, 3.8) is 0 Å². The minimum absolute atomic E-state index is 0.314. The molecule has 3 rings (SSSR count). The maximum Gasteiger partial charge on any atom is 0.336 e. The third-order valence-electron chi connectivity index (χ3n) is 3.06. The summed E-state index contributed by atoms with van der Waals surface area (Å²) in [6, 6.07) is 13.2. The Kier molecular flexibility index (Phi) is 2.27. The molecule has 2 aromatic carbocycles. The van der Waals surface area contributed by atoms with E-state index in [9.17, 15) is 9.90 Å². The van der Waals surface area contributed by atoms with Crippen LogP contribution in [0.25, 0.3) is 21.7 Å². The molecule has 0 spiro atoms. The summed E-state index contributed by atoms with van der Waals surface area (Å²) in [5.74, 6) is -0.915. The Morgan fingerprint density at radius 1 is 1.17 bits per heavy atom. The number of carbonyl (C=O) groups is 1. The molecule has 0 radical (unpaired) electrons. The van der Waals surface area contributed by atoms with Gasteiger partial charge in [0, 0.05) is 11.1 Å². The molecule has 0 saturated heterocycles. The highest BCUT2D eigenvalue weighted by atomic mass is 16.4. The average molecular weight is 237 g/mol. The van der Waals surface area contributed by atoms with E-state index in [1.54, 1.807) is 13.0 Å². The summed E-state index contributed by atoms with van der Waals surface area (Å²) in [5.41, 5.74) is 1.76. The first-order valence-electron chi connectivity index (χ1n) is 5.69. The van der Waals surface area contributed by atoms with Crippen LogP contribution in [0, 0.1) is 6.92 Å². The lowest BCUT2D eigenvalue weighted by Crippen LogP contribution is -2.00. The molecule has 18 heavy (non-hydrogen) atoms. The van der Waals surface area contributed by atoms with Gasteiger partial charge in [-0.1, -0.05) is 30.3 Å². The number of carboxylic acid groups (broad SMARTS) is 1. The van der Waals surface area contributed by atoms with Gasteiger partial charge in [0.2, 0.25) is 0 Å². The Morgan fingerprint density at radius 2 is 1.94 bits per heavy atom. The number of hydrogen-bond acceptors (Lipinski definition) is 2. The standard InChI is InChI=1S/C15H11NO2/c1-9-8-12(15(17)18)14-11-5-3-2-4-10(11)6-7-13(14)16-9/h2-8H,1H3,(H,17,18). The van der Waals surface area contributed by atoms with Gasteiger partial charge >= 0.3 is 5.97 Å². The smallest absolute Gasteiger partial charge is 0.336 e. The molecule has 0 bridgehead atoms. The van der Waals surface area contributed by atoms with Crippen LogP contribution in [0.4, 0.5) is 0 Å². The Labute approximate surface area is 104 Å². The number of hydrogen-bond donors (Lipinski definition) is 1. The number of fused-ring (bicyclic) bond motifs is 3. The predicted molar refractivity (Wildman–Crippen MR) is 70.9 cm³/mol. The third kappa shape index (κ3) is 1.52. The highest BCUT2D eigenvalue weighted by Crippen LogP contribution is 2.27. The molecule has 1 heterocycles. The second kappa shape index (κ2) is 3.81. The van der Waals surface area contributed by atoms with Gasteiger partial charge in [0.15, 0.2) is 0 Å². The molecule has 0 fully saturated rings. The van der Waals surface area contributed by atoms with Gasteiger partial charge in [-0.25, -0.2) is 4.79 Å². The maximum absolute atomic E-state index is 11.4. The predicted octanol–water partition coefficient (Wildman–Crippen LogP) is 3.39. The minimum Gasteiger partial charge on any atom is -0.478 e. The Bertz CT molecular complexity index is 778. The van der Waals surface area contributed by atoms with Gasteiger partial charge in [0.25, 0.3) is 0 Å². The zero-order valence-corrected chi connectivity index (χ0v) is 9.84. The topological polar surface area (TPSA) is 50.2 Å². The van der Waals surface area contributed by atoms with Crippen molar-refractivity contribution in [2.75, 3.05) is 0 Å². The molecule has 0 amide bonds. The first-order valence-corrected chi connectivity index (χ1v) is 5.69. The molecule has 0 unspecified atom stereocenters. The van der Waals surface area contributed by atoms with Crippen molar-refractivity contribution in [2.45, 2.75) is 6.92 Å². The number of rotatable bonds is 1. The molecule has 0 atom stereocenters. The number of aromatic nitrogens is 1. The van der Waals surface area contributed by atoms with Crippen molar-refractivity contribution in [2.24, 2.45) is 0 Å². The number of carboxylic acids is 1. The molecular weight excluding hydrogens is 226 g/mol. The SMILES string of the molecule is Cc1cc(C(=O)O)c2c(ccc3ccccc32)n1. The number of pyridine rings is 1. The Balaban J connectivity index is 2.59. The lowest BCUT2D eigenvalue weighted by Gasteiger charge is -2.07. The first kappa shape index (κ1) is 10.7. The maximum atomic E-state index is 11.4. The second-order valence-corrected chi connectivity index (χ2v) is 4.30. The van der Waals surface area contributed by atoms with Crippen molar-refractivity contribution in [1.29, 1.82) is 0 Å². The van der Waals surface area contributed by atoms with Crippen molar-refractivity contribution in [3.05, 3.63) is 53.7 Å². The average Bonchev–Trinajstić information content (AvgIpc) is 2.37. The van der Waals surface area contributed by atoms with Gasteiger partial charge in [0.05, 0.1) is 11.1 Å². The molecule has 88 valence electrons. The van der Waals surface area contributed by atoms with Crippen LogP contribution in [-0.2, 0) is 0 Å². The molecule has 1 aromatic heterocycles. The molecule has 3 heteroatoms. The summed E-state index contributed by atoms with van der Waals surface area (Å²) in [4.78, 5) is 15.8. The number of aromatic carboxylic acids is 1. The van der Waals surface area contributed by atoms with Gasteiger partial charge in [-0.3, -0.25) is 4.98 Å². The van der Waals surface area contributed by atoms with Gasteiger partial charge in [-0.15, -0.1) is 0 Å². The lowest BCUT2D eigenvalue weighted by atomic mass is 10.0. The van der Waals surface area contributed by atoms with E-state index in [0.717, 1.165) is 22.0 Å². The molecule has 0 aliphatic carbocycles. The third-order valence-corrected chi connectivity index (χ3v) is 3.06. The van der Waals surface area contributed by atoms with E-state index in [0.29, 0.717) is 10.9 Å². The number of nitrogens with zero attached hydrogens (tertiary/aromatic N) is 1. The van der Waals surface area contributed by atoms with Gasteiger partial charge in [-0.2, -0.15) is 0 Å². The summed E-state index contributed by atoms with van der Waals surface area (Å²) in [7, 11) is 0. The first-order chi connectivity index (χ1) is 8.66. The fraction of sp³-hybridized carbons (Fsp3) is 0.0667. The van der Waals surface area contributed by atoms with Crippen LogP contribution in [0.15, 0.2) is 42.5 Å². The van der Waals surface area contributed by atoms with Crippen LogP contribution in [0.2, 0.25) is 0 Å². The molecular formula is C15H11NO2. The normalized spacial score (nSPS) is 10.9. The van der Waals surface area contributed by atoms with E-state index < -0.39 is 5.97 Å². The Morgan fingerprint density at radius 3 is 2.72 bits per heavy atom. The van der Waals surface area contributed by atoms with Crippen molar-refractivity contribution < 1.29 is 9.90 Å². The van der Waals surface area contributed by atoms with Crippen molar-refractivity contribution >= 4 is 27.6 Å². The fourth-order valence-corrected chi connectivity index (χ4v) is 2.31. The molecule has 0 saturated carbocycles. The summed E-state index contributed by atoms with van der Waals surface area (Å²) >= 11 is 0. The minimum atomic E-state index is -0.915. The second-order valence-electron chi connectivity index (χ2n) is 4.30. The van der Waals surface area contributed by atoms with Crippen LogP contribution < -0.4 is 0 Å². The van der Waals surface area contributed by atoms with Gasteiger partial charge in [0.1, 0.15) is 0 Å². The molecule has 3 aromatic rings. The van der Waals surface area contributed by atoms with Gasteiger partial charge < -0.3 is 5.11 Å². The monoisotopic (exact) mass is 237 g/mol. The zero-order chi connectivity index (χ0) is 12.7. The van der Waals surface area contributed by atoms with Gasteiger partial charge in [-0.05, 0) is 29.8 Å². The molecule has 1 N–H and O–H groups in total. The highest BCUT2D eigenvalue weighted by Gasteiger charge is 2.13. The number of benzene rings is 2. The van der Waals surface area contributed by atoms with E-state index in [1.165, 1.54) is 0 Å². The summed E-state index contributed by atoms with van der Waals surface area (Å²) in [6.07, 6.45) is 0. The molecule has 0 aliphatic rings. The largest absolute Gasteiger partial charge is 0.478 e. The van der Waals surface area contributed by atoms with E-state index in [2.05, 4.69) is 4.98 Å². The van der Waals surface area contributed by atoms with E-state index in [4.69, 9.17) is 0 Å². The van der Waals surface area contributed by atoms with Crippen LogP contribution >= 0.6 is 0 Å². The van der Waals surface area contributed by atoms with Crippen LogP contribution in [-0.4, -0.2) is 16.1 Å². The van der Waals surface area contributed by atoms with Crippen molar-refractivity contribution in [3.8, 4) is 0 Å². The summed E-state index contributed by atoms with van der Waals surface area (Å²) in [6.45, 7) is 1.81. The van der Waals surface area contributed by atoms with Crippen LogP contribution in [0.3, 0.4) is 0 Å². The van der Waals surface area contributed by atoms with E-state index in [-0.39, 0.29) is 0 Å². The fourth-order valence-electron chi connectivity index (χ4n) is 2.31. The van der Waals surface area contributed by atoms with E-state index >= 15 is 0 Å². The van der Waals surface area contributed by atoms with Crippen LogP contribution in [0.1, 0.15) is 16.1 Å². The van der Waals surface area contributed by atoms with Crippen LogP contribution in [0.5, 0.6) is 0 Å². The summed E-state index contributed by atoms with van der Waals surface area (Å²) < 4.78 is 0. The quantitative estimate of drug-likeness (QED) is 0.660. The number of aryl methyl sites for hydroxylation is 1. The Hall–Kier alpha value is -2.42. The summed E-state index contributed by atoms with van der Waals surface area (Å²) in [5, 5.41) is 12.0. The zero-order valence-electron chi connectivity index (χ0n) is 9.84. The molecule has 3 nitrogen and oxygen atoms in total. The van der Waals surface area contributed by atoms with E-state index in [1.807, 2.05) is 36.4 Å². The lowest BCUT2D eigenvalue weighted by molar-refractivity contribution is 0.0699. The molecule has 0 aliphatic heterocycles. The highest BCUT2D eigenvalue weighted by molar-refractivity contribution is 6.15. The van der Waals surface area contributed by atoms with Crippen molar-refractivity contribution in [1.82, 2.24) is 4.98 Å².